The zero-order valence-corrected chi connectivity index (χ0v) is 11.4. The highest BCUT2D eigenvalue weighted by atomic mass is 32.2. The van der Waals surface area contributed by atoms with Gasteiger partial charge in [-0.2, -0.15) is 0 Å². The molecule has 1 aromatic carbocycles. The van der Waals surface area contributed by atoms with E-state index in [1.54, 1.807) is 30.6 Å². The molecule has 1 aromatic heterocycles. The number of hydrogen-bond acceptors (Lipinski definition) is 4. The highest BCUT2D eigenvalue weighted by Gasteiger charge is 2.16. The molecule has 0 aliphatic rings. The summed E-state index contributed by atoms with van der Waals surface area (Å²) in [5.41, 5.74) is 5.38. The number of fused-ring (bicyclic) bond motifs is 1. The Kier molecular flexibility index (Phi) is 4.47. The molecule has 0 aliphatic carbocycles. The molecule has 2 aromatic rings. The molecule has 3 N–H and O–H groups in total. The Bertz CT molecular complexity index is 650. The summed E-state index contributed by atoms with van der Waals surface area (Å²) in [5, 5.41) is 1.50. The van der Waals surface area contributed by atoms with Gasteiger partial charge in [-0.25, -0.2) is 13.1 Å². The first kappa shape index (κ1) is 13.9. The van der Waals surface area contributed by atoms with E-state index >= 15 is 0 Å². The number of nitrogens with two attached hydrogens (primary N) is 1. The third-order valence-corrected chi connectivity index (χ3v) is 4.37. The van der Waals surface area contributed by atoms with Gasteiger partial charge in [0.1, 0.15) is 0 Å². The van der Waals surface area contributed by atoms with Crippen molar-refractivity contribution in [3.05, 3.63) is 36.7 Å². The summed E-state index contributed by atoms with van der Waals surface area (Å²) < 4.78 is 27.1. The number of pyridine rings is 1. The molecule has 0 saturated heterocycles. The van der Waals surface area contributed by atoms with Crippen molar-refractivity contribution in [2.24, 2.45) is 5.73 Å². The number of nitrogens with zero attached hydrogens (tertiary/aromatic N) is 1. The lowest BCUT2D eigenvalue weighted by molar-refractivity contribution is 0.578. The summed E-state index contributed by atoms with van der Waals surface area (Å²) in [4.78, 5) is 4.29. The third-order valence-electron chi connectivity index (χ3n) is 2.85. The third kappa shape index (κ3) is 3.28. The predicted octanol–water partition coefficient (Wildman–Crippen LogP) is 1.25. The van der Waals surface area contributed by atoms with Crippen LogP contribution in [0, 0.1) is 0 Å². The maximum atomic E-state index is 12.2. The summed E-state index contributed by atoms with van der Waals surface area (Å²) in [7, 11) is -3.49. The summed E-state index contributed by atoms with van der Waals surface area (Å²) >= 11 is 0. The number of hydrogen-bond donors (Lipinski definition) is 2. The smallest absolute Gasteiger partial charge is 0.241 e. The fourth-order valence-electron chi connectivity index (χ4n) is 1.88. The molecule has 6 heteroatoms. The number of sulfonamides is 1. The number of nitrogens with one attached hydrogen (secondary N) is 1. The van der Waals surface area contributed by atoms with E-state index < -0.39 is 10.0 Å². The second kappa shape index (κ2) is 6.10. The molecule has 0 fully saturated rings. The fraction of sp³-hybridized carbons (Fsp3) is 0.308. The van der Waals surface area contributed by atoms with Crippen LogP contribution >= 0.6 is 0 Å². The van der Waals surface area contributed by atoms with Crippen LogP contribution in [0.1, 0.15) is 12.8 Å². The van der Waals surface area contributed by atoms with Gasteiger partial charge in [0.15, 0.2) is 0 Å². The monoisotopic (exact) mass is 279 g/mol. The number of rotatable bonds is 6. The molecule has 1 heterocycles. The Morgan fingerprint density at radius 1 is 1.21 bits per heavy atom. The number of benzene rings is 1. The summed E-state index contributed by atoms with van der Waals surface area (Å²) in [6.07, 6.45) is 4.79. The number of aromatic nitrogens is 1. The highest BCUT2D eigenvalue weighted by molar-refractivity contribution is 7.89. The molecule has 2 rings (SSSR count). The van der Waals surface area contributed by atoms with Gasteiger partial charge in [0, 0.05) is 29.7 Å². The van der Waals surface area contributed by atoms with E-state index in [0.717, 1.165) is 18.2 Å². The lowest BCUT2D eigenvalue weighted by Crippen LogP contribution is -2.25. The van der Waals surface area contributed by atoms with Gasteiger partial charge in [-0.15, -0.1) is 0 Å². The average Bonchev–Trinajstić information content (AvgIpc) is 2.43. The maximum absolute atomic E-state index is 12.2. The molecule has 0 unspecified atom stereocenters. The van der Waals surface area contributed by atoms with Crippen molar-refractivity contribution < 1.29 is 8.42 Å². The van der Waals surface area contributed by atoms with Crippen molar-refractivity contribution in [1.29, 1.82) is 0 Å². The number of unbranched alkanes of at least 4 members (excludes halogenated alkanes) is 1. The van der Waals surface area contributed by atoms with E-state index in [-0.39, 0.29) is 0 Å². The molecular formula is C13H17N3O2S. The van der Waals surface area contributed by atoms with Crippen molar-refractivity contribution in [3.63, 3.8) is 0 Å². The predicted molar refractivity (Wildman–Crippen MR) is 75.2 cm³/mol. The van der Waals surface area contributed by atoms with E-state index in [2.05, 4.69) is 9.71 Å². The van der Waals surface area contributed by atoms with Gasteiger partial charge in [0.2, 0.25) is 10.0 Å². The van der Waals surface area contributed by atoms with Gasteiger partial charge < -0.3 is 5.73 Å². The zero-order valence-electron chi connectivity index (χ0n) is 10.5. The van der Waals surface area contributed by atoms with Crippen LogP contribution in [-0.4, -0.2) is 26.5 Å². The van der Waals surface area contributed by atoms with Crippen LogP contribution in [-0.2, 0) is 10.0 Å². The van der Waals surface area contributed by atoms with Crippen LogP contribution in [0.15, 0.2) is 41.6 Å². The molecule has 0 radical (unpaired) electrons. The van der Waals surface area contributed by atoms with Gasteiger partial charge in [-0.1, -0.05) is 12.1 Å². The Morgan fingerprint density at radius 2 is 2.05 bits per heavy atom. The minimum atomic E-state index is -3.49. The van der Waals surface area contributed by atoms with E-state index in [1.165, 1.54) is 0 Å². The highest BCUT2D eigenvalue weighted by Crippen LogP contribution is 2.21. The molecule has 0 aliphatic heterocycles. The molecule has 0 spiro atoms. The second-order valence-corrected chi connectivity index (χ2v) is 5.98. The first-order valence-electron chi connectivity index (χ1n) is 6.17. The minimum Gasteiger partial charge on any atom is -0.330 e. The molecule has 19 heavy (non-hydrogen) atoms. The van der Waals surface area contributed by atoms with E-state index in [4.69, 9.17) is 5.73 Å². The van der Waals surface area contributed by atoms with Crippen molar-refractivity contribution in [2.45, 2.75) is 17.7 Å². The Morgan fingerprint density at radius 3 is 2.84 bits per heavy atom. The van der Waals surface area contributed by atoms with E-state index in [9.17, 15) is 8.42 Å². The van der Waals surface area contributed by atoms with Crippen molar-refractivity contribution in [3.8, 4) is 0 Å². The summed E-state index contributed by atoms with van der Waals surface area (Å²) in [6.45, 7) is 0.975. The average molecular weight is 279 g/mol. The Balaban J connectivity index is 2.28. The molecule has 102 valence electrons. The van der Waals surface area contributed by atoms with Crippen molar-refractivity contribution >= 4 is 20.8 Å². The van der Waals surface area contributed by atoms with Crippen LogP contribution < -0.4 is 10.5 Å². The van der Waals surface area contributed by atoms with E-state index in [1.807, 2.05) is 6.07 Å². The van der Waals surface area contributed by atoms with Crippen LogP contribution in [0.5, 0.6) is 0 Å². The largest absolute Gasteiger partial charge is 0.330 e. The van der Waals surface area contributed by atoms with Gasteiger partial charge in [-0.05, 0) is 31.5 Å². The Labute approximate surface area is 112 Å². The first-order chi connectivity index (χ1) is 9.15. The standard InChI is InChI=1S/C13H17N3O2S/c14-7-1-2-8-16-19(17,18)13-5-3-4-11-10-15-9-6-12(11)13/h3-6,9-10,16H,1-2,7-8,14H2. The second-order valence-electron chi connectivity index (χ2n) is 4.25. The molecule has 5 nitrogen and oxygen atoms in total. The topological polar surface area (TPSA) is 85.1 Å². The zero-order chi connectivity index (χ0) is 13.7. The first-order valence-corrected chi connectivity index (χ1v) is 7.66. The molecular weight excluding hydrogens is 262 g/mol. The van der Waals surface area contributed by atoms with Gasteiger partial charge in [0.05, 0.1) is 4.90 Å². The lowest BCUT2D eigenvalue weighted by Gasteiger charge is -2.09. The quantitative estimate of drug-likeness (QED) is 0.779. The normalized spacial score (nSPS) is 11.8. The van der Waals surface area contributed by atoms with Crippen LogP contribution in [0.2, 0.25) is 0 Å². The fourth-order valence-corrected chi connectivity index (χ4v) is 3.18. The molecule has 0 atom stereocenters. The van der Waals surface area contributed by atoms with Crippen molar-refractivity contribution in [1.82, 2.24) is 9.71 Å². The van der Waals surface area contributed by atoms with Crippen LogP contribution in [0.3, 0.4) is 0 Å². The van der Waals surface area contributed by atoms with Gasteiger partial charge in [0.25, 0.3) is 0 Å². The van der Waals surface area contributed by atoms with Crippen LogP contribution in [0.4, 0.5) is 0 Å². The molecule has 0 saturated carbocycles. The van der Waals surface area contributed by atoms with E-state index in [0.29, 0.717) is 23.4 Å². The Hall–Kier alpha value is -1.50. The van der Waals surface area contributed by atoms with Gasteiger partial charge >= 0.3 is 0 Å². The van der Waals surface area contributed by atoms with Crippen LogP contribution in [0.25, 0.3) is 10.8 Å². The molecule has 0 amide bonds. The minimum absolute atomic E-state index is 0.292. The SMILES string of the molecule is NCCCCNS(=O)(=O)c1cccc2cnccc12. The molecule has 0 bridgehead atoms. The van der Waals surface area contributed by atoms with Gasteiger partial charge in [-0.3, -0.25) is 4.98 Å². The lowest BCUT2D eigenvalue weighted by atomic mass is 10.2. The maximum Gasteiger partial charge on any atom is 0.241 e. The van der Waals surface area contributed by atoms with Crippen molar-refractivity contribution in [2.75, 3.05) is 13.1 Å². The summed E-state index contributed by atoms with van der Waals surface area (Å²) in [5.74, 6) is 0. The summed E-state index contributed by atoms with van der Waals surface area (Å²) in [6, 6.07) is 6.88.